The van der Waals surface area contributed by atoms with Crippen molar-refractivity contribution in [2.24, 2.45) is 0 Å². The maximum atomic E-state index is 11.8. The van der Waals surface area contributed by atoms with Crippen LogP contribution in [0.3, 0.4) is 0 Å². The van der Waals surface area contributed by atoms with Crippen molar-refractivity contribution in [1.82, 2.24) is 0 Å². The van der Waals surface area contributed by atoms with Crippen molar-refractivity contribution < 1.29 is 28.9 Å². The van der Waals surface area contributed by atoms with Crippen LogP contribution in [0.25, 0.3) is 0 Å². The quantitative estimate of drug-likeness (QED) is 0.609. The SMILES string of the molecule is COC(=O)CC/C(C)=C/Cc1c(O)c(C(=O)OC)cc(C)c1OC. The number of allylic oxidation sites excluding steroid dienone is 2. The standard InChI is InChI=1S/C18H24O6/c1-11(7-9-15(19)22-3)6-8-13-16(20)14(18(21)24-5)10-12(2)17(13)23-4/h6,10,20H,7-9H2,1-5H3/b11-6+. The summed E-state index contributed by atoms with van der Waals surface area (Å²) in [6.45, 7) is 3.69. The van der Waals surface area contributed by atoms with Gasteiger partial charge >= 0.3 is 11.9 Å². The molecule has 0 radical (unpaired) electrons. The van der Waals surface area contributed by atoms with E-state index in [1.807, 2.05) is 13.0 Å². The molecule has 1 aromatic rings. The van der Waals surface area contributed by atoms with Gasteiger partial charge in [-0.1, -0.05) is 11.6 Å². The van der Waals surface area contributed by atoms with Gasteiger partial charge in [-0.25, -0.2) is 4.79 Å². The molecule has 0 amide bonds. The summed E-state index contributed by atoms with van der Waals surface area (Å²) in [4.78, 5) is 23.0. The van der Waals surface area contributed by atoms with Crippen molar-refractivity contribution in [2.75, 3.05) is 21.3 Å². The first kappa shape index (κ1) is 19.5. The van der Waals surface area contributed by atoms with Crippen molar-refractivity contribution in [3.05, 3.63) is 34.4 Å². The van der Waals surface area contributed by atoms with Crippen LogP contribution in [-0.4, -0.2) is 38.4 Å². The third-order valence-electron chi connectivity index (χ3n) is 3.75. The van der Waals surface area contributed by atoms with E-state index in [2.05, 4.69) is 4.74 Å². The first-order valence-corrected chi connectivity index (χ1v) is 7.55. The number of carbonyl (C=O) groups is 2. The lowest BCUT2D eigenvalue weighted by Gasteiger charge is -2.15. The fraction of sp³-hybridized carbons (Fsp3) is 0.444. The van der Waals surface area contributed by atoms with E-state index < -0.39 is 5.97 Å². The summed E-state index contributed by atoms with van der Waals surface area (Å²) >= 11 is 0. The van der Waals surface area contributed by atoms with Crippen LogP contribution in [0.1, 0.15) is 41.3 Å². The molecule has 1 aromatic carbocycles. The number of phenolic OH excluding ortho intramolecular Hbond substituents is 1. The molecule has 0 unspecified atom stereocenters. The van der Waals surface area contributed by atoms with Gasteiger partial charge in [0, 0.05) is 12.0 Å². The number of rotatable bonds is 7. The number of aromatic hydroxyl groups is 1. The molecule has 24 heavy (non-hydrogen) atoms. The Hall–Kier alpha value is -2.50. The maximum absolute atomic E-state index is 11.8. The molecule has 6 heteroatoms. The van der Waals surface area contributed by atoms with Gasteiger partial charge in [-0.2, -0.15) is 0 Å². The Morgan fingerprint density at radius 2 is 1.83 bits per heavy atom. The Kier molecular flexibility index (Phi) is 7.30. The van der Waals surface area contributed by atoms with Gasteiger partial charge in [0.05, 0.1) is 21.3 Å². The van der Waals surface area contributed by atoms with E-state index >= 15 is 0 Å². The number of aryl methyl sites for hydroxylation is 1. The number of hydrogen-bond donors (Lipinski definition) is 1. The fourth-order valence-electron chi connectivity index (χ4n) is 2.38. The third-order valence-corrected chi connectivity index (χ3v) is 3.75. The van der Waals surface area contributed by atoms with E-state index in [4.69, 9.17) is 9.47 Å². The van der Waals surface area contributed by atoms with Gasteiger partial charge in [-0.15, -0.1) is 0 Å². The molecule has 0 aliphatic heterocycles. The Morgan fingerprint density at radius 3 is 2.38 bits per heavy atom. The lowest BCUT2D eigenvalue weighted by molar-refractivity contribution is -0.140. The number of carbonyl (C=O) groups excluding carboxylic acids is 2. The highest BCUT2D eigenvalue weighted by Gasteiger charge is 2.20. The summed E-state index contributed by atoms with van der Waals surface area (Å²) in [5, 5.41) is 10.4. The average molecular weight is 336 g/mol. The molecule has 0 saturated heterocycles. The summed E-state index contributed by atoms with van der Waals surface area (Å²) in [6.07, 6.45) is 3.11. The third kappa shape index (κ3) is 4.75. The molecule has 0 aliphatic rings. The Bertz CT molecular complexity index is 645. The highest BCUT2D eigenvalue weighted by atomic mass is 16.5. The second kappa shape index (κ2) is 8.96. The van der Waals surface area contributed by atoms with Crippen LogP contribution in [0.15, 0.2) is 17.7 Å². The van der Waals surface area contributed by atoms with E-state index in [1.165, 1.54) is 27.4 Å². The summed E-state index contributed by atoms with van der Waals surface area (Å²) in [5.74, 6) is -0.504. The highest BCUT2D eigenvalue weighted by Crippen LogP contribution is 2.36. The molecule has 0 saturated carbocycles. The lowest BCUT2D eigenvalue weighted by atomic mass is 9.99. The Morgan fingerprint density at radius 1 is 1.17 bits per heavy atom. The van der Waals surface area contributed by atoms with Crippen molar-refractivity contribution in [3.8, 4) is 11.5 Å². The minimum Gasteiger partial charge on any atom is -0.507 e. The summed E-state index contributed by atoms with van der Waals surface area (Å²) in [7, 11) is 4.13. The van der Waals surface area contributed by atoms with Gasteiger partial charge in [0.1, 0.15) is 17.1 Å². The molecule has 1 rings (SSSR count). The largest absolute Gasteiger partial charge is 0.507 e. The van der Waals surface area contributed by atoms with Crippen molar-refractivity contribution in [3.63, 3.8) is 0 Å². The molecule has 132 valence electrons. The first-order chi connectivity index (χ1) is 11.3. The van der Waals surface area contributed by atoms with E-state index in [-0.39, 0.29) is 17.3 Å². The lowest BCUT2D eigenvalue weighted by Crippen LogP contribution is -2.06. The molecule has 0 aromatic heterocycles. The Labute approximate surface area is 142 Å². The van der Waals surface area contributed by atoms with Gasteiger partial charge in [0.2, 0.25) is 0 Å². The molecule has 6 nitrogen and oxygen atoms in total. The van der Waals surface area contributed by atoms with Crippen molar-refractivity contribution in [1.29, 1.82) is 0 Å². The molecule has 0 atom stereocenters. The van der Waals surface area contributed by atoms with E-state index in [0.29, 0.717) is 30.6 Å². The summed E-state index contributed by atoms with van der Waals surface area (Å²) < 4.78 is 14.7. The molecule has 1 N–H and O–H groups in total. The summed E-state index contributed by atoms with van der Waals surface area (Å²) in [5.41, 5.74) is 2.32. The maximum Gasteiger partial charge on any atom is 0.341 e. The van der Waals surface area contributed by atoms with Crippen LogP contribution in [0.5, 0.6) is 11.5 Å². The van der Waals surface area contributed by atoms with Gasteiger partial charge in [-0.05, 0) is 38.3 Å². The molecular weight excluding hydrogens is 312 g/mol. The van der Waals surface area contributed by atoms with E-state index in [0.717, 1.165) is 11.1 Å². The van der Waals surface area contributed by atoms with Crippen LogP contribution >= 0.6 is 0 Å². The molecule has 0 spiro atoms. The van der Waals surface area contributed by atoms with Crippen LogP contribution in [-0.2, 0) is 20.7 Å². The molecule has 0 aliphatic carbocycles. The Balaban J connectivity index is 3.11. The van der Waals surface area contributed by atoms with Gasteiger partial charge in [0.15, 0.2) is 0 Å². The smallest absolute Gasteiger partial charge is 0.341 e. The zero-order chi connectivity index (χ0) is 18.3. The minimum absolute atomic E-state index is 0.103. The van der Waals surface area contributed by atoms with Crippen molar-refractivity contribution >= 4 is 11.9 Å². The van der Waals surface area contributed by atoms with E-state index in [9.17, 15) is 14.7 Å². The van der Waals surface area contributed by atoms with Crippen LogP contribution in [0.2, 0.25) is 0 Å². The van der Waals surface area contributed by atoms with Gasteiger partial charge < -0.3 is 19.3 Å². The van der Waals surface area contributed by atoms with Crippen LogP contribution in [0, 0.1) is 6.92 Å². The zero-order valence-corrected chi connectivity index (χ0v) is 14.8. The molecule has 0 fully saturated rings. The average Bonchev–Trinajstić information content (AvgIpc) is 2.58. The van der Waals surface area contributed by atoms with Crippen molar-refractivity contribution in [2.45, 2.75) is 33.1 Å². The van der Waals surface area contributed by atoms with E-state index in [1.54, 1.807) is 6.92 Å². The number of hydrogen-bond acceptors (Lipinski definition) is 6. The molecule has 0 heterocycles. The number of benzene rings is 1. The second-order valence-electron chi connectivity index (χ2n) is 5.42. The van der Waals surface area contributed by atoms with Crippen LogP contribution < -0.4 is 4.74 Å². The van der Waals surface area contributed by atoms with Crippen LogP contribution in [0.4, 0.5) is 0 Å². The predicted molar refractivity (Wildman–Crippen MR) is 89.4 cm³/mol. The highest BCUT2D eigenvalue weighted by molar-refractivity contribution is 5.93. The number of ether oxygens (including phenoxy) is 3. The normalized spacial score (nSPS) is 11.1. The molecule has 0 bridgehead atoms. The fourth-order valence-corrected chi connectivity index (χ4v) is 2.38. The first-order valence-electron chi connectivity index (χ1n) is 7.55. The van der Waals surface area contributed by atoms with Gasteiger partial charge in [-0.3, -0.25) is 4.79 Å². The number of methoxy groups -OCH3 is 3. The second-order valence-corrected chi connectivity index (χ2v) is 5.42. The molecular formula is C18H24O6. The summed E-state index contributed by atoms with van der Waals surface area (Å²) in [6, 6.07) is 1.54. The predicted octanol–water partition coefficient (Wildman–Crippen LogP) is 2.94. The number of esters is 2. The number of phenols is 1. The zero-order valence-electron chi connectivity index (χ0n) is 14.8. The monoisotopic (exact) mass is 336 g/mol. The topological polar surface area (TPSA) is 82.1 Å². The van der Waals surface area contributed by atoms with Gasteiger partial charge in [0.25, 0.3) is 0 Å². The minimum atomic E-state index is -0.606.